The molecule has 1 heterocycles. The van der Waals surface area contributed by atoms with E-state index in [1.165, 1.54) is 6.07 Å². The van der Waals surface area contributed by atoms with Crippen molar-refractivity contribution < 1.29 is 14.5 Å². The van der Waals surface area contributed by atoms with Crippen molar-refractivity contribution in [3.63, 3.8) is 0 Å². The lowest BCUT2D eigenvalue weighted by atomic mass is 10.1. The van der Waals surface area contributed by atoms with E-state index in [1.54, 1.807) is 31.2 Å². The van der Waals surface area contributed by atoms with E-state index in [2.05, 4.69) is 15.1 Å². The lowest BCUT2D eigenvalue weighted by Gasteiger charge is -2.36. The molecule has 1 aliphatic heterocycles. The van der Waals surface area contributed by atoms with Crippen LogP contribution in [0.1, 0.15) is 22.3 Å². The summed E-state index contributed by atoms with van der Waals surface area (Å²) in [5.74, 6) is -0.604. The third kappa shape index (κ3) is 5.12. The fraction of sp³-hybridized carbons (Fsp3) is 0.333. The average molecular weight is 411 g/mol. The molecule has 2 amide bonds. The van der Waals surface area contributed by atoms with Crippen molar-refractivity contribution in [2.75, 3.05) is 42.9 Å². The van der Waals surface area contributed by atoms with Crippen LogP contribution in [0, 0.1) is 17.0 Å². The Balaban J connectivity index is 1.46. The van der Waals surface area contributed by atoms with Gasteiger partial charge in [0.25, 0.3) is 5.69 Å². The standard InChI is InChI=1S/C21H25N5O4/c1-15-18(3-2-4-19(15)26(29)30)23-20(27)9-10-24-11-13-25(14-12-24)17-7-5-16(6-8-17)21(22)28/h2-8H,9-14H2,1H3,(H2,22,28)(H,23,27). The van der Waals surface area contributed by atoms with Gasteiger partial charge in [0, 0.05) is 56.5 Å². The first kappa shape index (κ1) is 21.3. The Morgan fingerprint density at radius 3 is 2.37 bits per heavy atom. The van der Waals surface area contributed by atoms with Crippen molar-refractivity contribution >= 4 is 28.9 Å². The SMILES string of the molecule is Cc1c(NC(=O)CCN2CCN(c3ccc(C(N)=O)cc3)CC2)cccc1[N+](=O)[O-]. The van der Waals surface area contributed by atoms with Gasteiger partial charge in [-0.05, 0) is 37.3 Å². The van der Waals surface area contributed by atoms with E-state index in [0.29, 0.717) is 29.8 Å². The highest BCUT2D eigenvalue weighted by molar-refractivity contribution is 5.93. The first-order valence-corrected chi connectivity index (χ1v) is 9.76. The highest BCUT2D eigenvalue weighted by atomic mass is 16.6. The molecule has 0 unspecified atom stereocenters. The van der Waals surface area contributed by atoms with Gasteiger partial charge in [0.15, 0.2) is 0 Å². The van der Waals surface area contributed by atoms with Gasteiger partial charge in [0.1, 0.15) is 0 Å². The third-order valence-electron chi connectivity index (χ3n) is 5.32. The van der Waals surface area contributed by atoms with E-state index in [0.717, 1.165) is 31.9 Å². The van der Waals surface area contributed by atoms with Gasteiger partial charge in [-0.2, -0.15) is 0 Å². The molecule has 0 atom stereocenters. The van der Waals surface area contributed by atoms with E-state index in [-0.39, 0.29) is 11.6 Å². The van der Waals surface area contributed by atoms with Crippen LogP contribution in [0.5, 0.6) is 0 Å². The van der Waals surface area contributed by atoms with Crippen LogP contribution in [0.3, 0.4) is 0 Å². The molecule has 30 heavy (non-hydrogen) atoms. The van der Waals surface area contributed by atoms with Crippen LogP contribution >= 0.6 is 0 Å². The van der Waals surface area contributed by atoms with Crippen molar-refractivity contribution in [3.8, 4) is 0 Å². The van der Waals surface area contributed by atoms with Gasteiger partial charge >= 0.3 is 0 Å². The molecule has 9 nitrogen and oxygen atoms in total. The number of nitrogens with two attached hydrogens (primary N) is 1. The topological polar surface area (TPSA) is 122 Å². The Labute approximate surface area is 174 Å². The van der Waals surface area contributed by atoms with Crippen molar-refractivity contribution in [1.29, 1.82) is 0 Å². The summed E-state index contributed by atoms with van der Waals surface area (Å²) in [7, 11) is 0. The Hall–Kier alpha value is -3.46. The number of nitro benzene ring substituents is 1. The van der Waals surface area contributed by atoms with Gasteiger partial charge in [-0.3, -0.25) is 24.6 Å². The summed E-state index contributed by atoms with van der Waals surface area (Å²) in [6.45, 7) is 5.53. The summed E-state index contributed by atoms with van der Waals surface area (Å²) in [6.07, 6.45) is 0.315. The maximum absolute atomic E-state index is 12.3. The fourth-order valence-electron chi connectivity index (χ4n) is 3.50. The van der Waals surface area contributed by atoms with Gasteiger partial charge < -0.3 is 16.0 Å². The normalized spacial score (nSPS) is 14.4. The highest BCUT2D eigenvalue weighted by Gasteiger charge is 2.19. The number of benzene rings is 2. The number of carbonyl (C=O) groups is 2. The van der Waals surface area contributed by atoms with Crippen molar-refractivity contribution in [3.05, 3.63) is 63.7 Å². The first-order valence-electron chi connectivity index (χ1n) is 9.76. The molecule has 0 spiro atoms. The van der Waals surface area contributed by atoms with Crippen LogP contribution in [0.4, 0.5) is 17.1 Å². The molecule has 0 aliphatic carbocycles. The number of hydrogen-bond acceptors (Lipinski definition) is 6. The van der Waals surface area contributed by atoms with E-state index in [4.69, 9.17) is 5.73 Å². The Bertz CT molecular complexity index is 937. The molecule has 9 heteroatoms. The average Bonchev–Trinajstić information content (AvgIpc) is 2.74. The number of carbonyl (C=O) groups excluding carboxylic acids is 2. The minimum Gasteiger partial charge on any atom is -0.369 e. The molecule has 0 radical (unpaired) electrons. The second-order valence-corrected chi connectivity index (χ2v) is 7.24. The molecule has 2 aromatic carbocycles. The molecule has 1 fully saturated rings. The van der Waals surface area contributed by atoms with Gasteiger partial charge in [0.2, 0.25) is 11.8 Å². The van der Waals surface area contributed by atoms with E-state index < -0.39 is 10.8 Å². The number of nitrogens with zero attached hydrogens (tertiary/aromatic N) is 3. The van der Waals surface area contributed by atoms with Crippen molar-refractivity contribution in [2.45, 2.75) is 13.3 Å². The quantitative estimate of drug-likeness (QED) is 0.532. The van der Waals surface area contributed by atoms with Gasteiger partial charge in [-0.25, -0.2) is 0 Å². The zero-order valence-corrected chi connectivity index (χ0v) is 16.8. The predicted molar refractivity (Wildman–Crippen MR) is 115 cm³/mol. The summed E-state index contributed by atoms with van der Waals surface area (Å²) in [5, 5.41) is 13.8. The molecule has 2 aromatic rings. The largest absolute Gasteiger partial charge is 0.369 e. The number of hydrogen-bond donors (Lipinski definition) is 2. The number of anilines is 2. The smallest absolute Gasteiger partial charge is 0.274 e. The lowest BCUT2D eigenvalue weighted by Crippen LogP contribution is -2.47. The monoisotopic (exact) mass is 411 g/mol. The maximum atomic E-state index is 12.3. The van der Waals surface area contributed by atoms with Crippen molar-refractivity contribution in [2.24, 2.45) is 5.73 Å². The minimum atomic E-state index is -0.452. The second-order valence-electron chi connectivity index (χ2n) is 7.24. The molecular weight excluding hydrogens is 386 g/mol. The number of nitrogens with one attached hydrogen (secondary N) is 1. The Morgan fingerprint density at radius 1 is 1.10 bits per heavy atom. The second kappa shape index (κ2) is 9.36. The zero-order valence-electron chi connectivity index (χ0n) is 16.8. The summed E-state index contributed by atoms with van der Waals surface area (Å²) in [4.78, 5) is 38.5. The third-order valence-corrected chi connectivity index (χ3v) is 5.32. The minimum absolute atomic E-state index is 0.00668. The Morgan fingerprint density at radius 2 is 1.77 bits per heavy atom. The van der Waals surface area contributed by atoms with Crippen LogP contribution in [-0.4, -0.2) is 54.4 Å². The Kier molecular flexibility index (Phi) is 6.63. The molecule has 158 valence electrons. The van der Waals surface area contributed by atoms with Crippen LogP contribution in [0.2, 0.25) is 0 Å². The van der Waals surface area contributed by atoms with E-state index in [9.17, 15) is 19.7 Å². The lowest BCUT2D eigenvalue weighted by molar-refractivity contribution is -0.385. The number of nitro groups is 1. The zero-order chi connectivity index (χ0) is 21.7. The van der Waals surface area contributed by atoms with Crippen LogP contribution in [0.15, 0.2) is 42.5 Å². The number of primary amides is 1. The van der Waals surface area contributed by atoms with Gasteiger partial charge in [-0.1, -0.05) is 6.07 Å². The highest BCUT2D eigenvalue weighted by Crippen LogP contribution is 2.25. The molecule has 1 aliphatic rings. The molecule has 0 aromatic heterocycles. The van der Waals surface area contributed by atoms with Gasteiger partial charge in [-0.15, -0.1) is 0 Å². The molecule has 1 saturated heterocycles. The first-order chi connectivity index (χ1) is 14.3. The predicted octanol–water partition coefficient (Wildman–Crippen LogP) is 2.15. The molecule has 3 N–H and O–H groups in total. The van der Waals surface area contributed by atoms with Crippen molar-refractivity contribution in [1.82, 2.24) is 4.90 Å². The van der Waals surface area contributed by atoms with Gasteiger partial charge in [0.05, 0.1) is 16.2 Å². The van der Waals surface area contributed by atoms with Crippen LogP contribution < -0.4 is 16.0 Å². The number of piperazine rings is 1. The molecule has 0 saturated carbocycles. The summed E-state index contributed by atoms with van der Waals surface area (Å²) in [5.41, 5.74) is 7.72. The summed E-state index contributed by atoms with van der Waals surface area (Å²) < 4.78 is 0. The van der Waals surface area contributed by atoms with Crippen LogP contribution in [-0.2, 0) is 4.79 Å². The molecular formula is C21H25N5O4. The maximum Gasteiger partial charge on any atom is 0.274 e. The van der Waals surface area contributed by atoms with E-state index >= 15 is 0 Å². The molecule has 0 bridgehead atoms. The summed E-state index contributed by atoms with van der Waals surface area (Å²) >= 11 is 0. The number of amides is 2. The number of rotatable bonds is 7. The summed E-state index contributed by atoms with van der Waals surface area (Å²) in [6, 6.07) is 11.9. The van der Waals surface area contributed by atoms with E-state index in [1.807, 2.05) is 12.1 Å². The molecule has 3 rings (SSSR count). The fourth-order valence-corrected chi connectivity index (χ4v) is 3.50. The van der Waals surface area contributed by atoms with Crippen LogP contribution in [0.25, 0.3) is 0 Å².